The lowest BCUT2D eigenvalue weighted by Gasteiger charge is -2.67. The largest absolute Gasteiger partial charge is 0.435 e. The van der Waals surface area contributed by atoms with Crippen molar-refractivity contribution in [3.63, 3.8) is 0 Å². The van der Waals surface area contributed by atoms with E-state index in [1.54, 1.807) is 24.9 Å². The molecule has 4 aliphatic rings. The second kappa shape index (κ2) is 6.89. The lowest BCUT2D eigenvalue weighted by molar-refractivity contribution is -0.260. The number of nitrogens with one attached hydrogen (secondary N) is 1. The maximum absolute atomic E-state index is 12.5. The van der Waals surface area contributed by atoms with Crippen LogP contribution in [0, 0.1) is 5.41 Å². The van der Waals surface area contributed by atoms with E-state index in [1.165, 1.54) is 11.3 Å². The first-order valence-corrected chi connectivity index (χ1v) is 10.6. The van der Waals surface area contributed by atoms with Gasteiger partial charge in [-0.1, -0.05) is 0 Å². The van der Waals surface area contributed by atoms with Gasteiger partial charge in [-0.3, -0.25) is 4.79 Å². The third-order valence-electron chi connectivity index (χ3n) is 6.18. The van der Waals surface area contributed by atoms with Gasteiger partial charge < -0.3 is 24.8 Å². The van der Waals surface area contributed by atoms with Crippen molar-refractivity contribution < 1.29 is 19.4 Å². The smallest absolute Gasteiger partial charge is 0.232 e. The Morgan fingerprint density at radius 2 is 1.97 bits per heavy atom. The van der Waals surface area contributed by atoms with Gasteiger partial charge in [-0.2, -0.15) is 4.98 Å². The summed E-state index contributed by atoms with van der Waals surface area (Å²) in [6.07, 6.45) is 6.80. The third kappa shape index (κ3) is 3.34. The third-order valence-corrected chi connectivity index (χ3v) is 6.92. The Labute approximate surface area is 172 Å². The highest BCUT2D eigenvalue weighted by Crippen LogP contribution is 2.69. The summed E-state index contributed by atoms with van der Waals surface area (Å²) in [5.41, 5.74) is -0.342. The van der Waals surface area contributed by atoms with Crippen molar-refractivity contribution in [1.82, 2.24) is 15.0 Å². The van der Waals surface area contributed by atoms with Crippen molar-refractivity contribution in [2.24, 2.45) is 5.41 Å². The predicted molar refractivity (Wildman–Crippen MR) is 106 cm³/mol. The predicted octanol–water partition coefficient (Wildman–Crippen LogP) is 2.19. The van der Waals surface area contributed by atoms with Crippen LogP contribution in [0.5, 0.6) is 11.6 Å². The fourth-order valence-corrected chi connectivity index (χ4v) is 5.06. The number of thiazole rings is 1. The molecule has 0 atom stereocenters. The Balaban J connectivity index is 1.16. The first-order valence-electron chi connectivity index (χ1n) is 9.74. The summed E-state index contributed by atoms with van der Waals surface area (Å²) in [5, 5.41) is 14.8. The molecule has 1 saturated heterocycles. The Morgan fingerprint density at radius 1 is 1.28 bits per heavy atom. The zero-order valence-corrected chi connectivity index (χ0v) is 16.9. The molecule has 0 aromatic carbocycles. The van der Waals surface area contributed by atoms with Crippen LogP contribution < -0.4 is 15.0 Å². The average Bonchev–Trinajstić information content (AvgIpc) is 3.08. The number of piperidine rings is 1. The number of hydrogen-bond donors (Lipinski definition) is 2. The van der Waals surface area contributed by atoms with Crippen molar-refractivity contribution in [3.8, 4) is 11.6 Å². The molecule has 2 aromatic heterocycles. The minimum atomic E-state index is -0.281. The van der Waals surface area contributed by atoms with Gasteiger partial charge in [0.1, 0.15) is 0 Å². The van der Waals surface area contributed by atoms with E-state index in [4.69, 9.17) is 9.47 Å². The number of rotatable bonds is 6. The molecule has 3 aliphatic carbocycles. The standard InChI is InChI=1S/C19H23N5O4S/c1-27-19-9-18(10-19,11-19)15(26)23-17-22-14(8-29-17)28-13-6-20-16(21-7-13)24-4-2-12(25)3-5-24/h6-8,12,25H,2-5,9-11H2,1H3,(H,22,23,26). The summed E-state index contributed by atoms with van der Waals surface area (Å²) in [6, 6.07) is 0. The number of hydrogen-bond acceptors (Lipinski definition) is 9. The molecule has 0 radical (unpaired) electrons. The molecule has 29 heavy (non-hydrogen) atoms. The van der Waals surface area contributed by atoms with Crippen LogP contribution in [0.3, 0.4) is 0 Å². The molecule has 2 aromatic rings. The van der Waals surface area contributed by atoms with Crippen molar-refractivity contribution in [2.45, 2.75) is 43.8 Å². The molecule has 0 unspecified atom stereocenters. The van der Waals surface area contributed by atoms with Crippen molar-refractivity contribution in [2.75, 3.05) is 30.4 Å². The molecule has 1 amide bonds. The quantitative estimate of drug-likeness (QED) is 0.736. The van der Waals surface area contributed by atoms with Gasteiger partial charge in [-0.05, 0) is 32.1 Å². The highest BCUT2D eigenvalue weighted by Gasteiger charge is 2.72. The van der Waals surface area contributed by atoms with Crippen LogP contribution in [0.25, 0.3) is 0 Å². The van der Waals surface area contributed by atoms with Crippen molar-refractivity contribution >= 4 is 28.3 Å². The van der Waals surface area contributed by atoms with E-state index in [0.717, 1.165) is 45.2 Å². The highest BCUT2D eigenvalue weighted by molar-refractivity contribution is 7.14. The van der Waals surface area contributed by atoms with E-state index < -0.39 is 0 Å². The first kappa shape index (κ1) is 18.7. The van der Waals surface area contributed by atoms with Gasteiger partial charge in [-0.25, -0.2) is 9.97 Å². The number of aromatic nitrogens is 3. The highest BCUT2D eigenvalue weighted by atomic mass is 32.1. The van der Waals surface area contributed by atoms with Crippen LogP contribution in [-0.2, 0) is 9.53 Å². The van der Waals surface area contributed by atoms with Crippen LogP contribution in [0.1, 0.15) is 32.1 Å². The number of carbonyl (C=O) groups excluding carboxylic acids is 1. The van der Waals surface area contributed by atoms with Gasteiger partial charge in [-0.15, -0.1) is 11.3 Å². The molecule has 4 fully saturated rings. The van der Waals surface area contributed by atoms with Gasteiger partial charge in [0.05, 0.1) is 34.9 Å². The Hall–Kier alpha value is -2.30. The van der Waals surface area contributed by atoms with Gasteiger partial charge in [0.25, 0.3) is 0 Å². The van der Waals surface area contributed by atoms with Crippen LogP contribution in [-0.4, -0.2) is 57.9 Å². The lowest BCUT2D eigenvalue weighted by atomic mass is 9.41. The number of aliphatic hydroxyl groups is 1. The van der Waals surface area contributed by atoms with E-state index in [9.17, 15) is 9.90 Å². The molecule has 1 aliphatic heterocycles. The molecule has 0 spiro atoms. The summed E-state index contributed by atoms with van der Waals surface area (Å²) >= 11 is 1.32. The zero-order chi connectivity index (χ0) is 20.1. The van der Waals surface area contributed by atoms with Gasteiger partial charge >= 0.3 is 0 Å². The Kier molecular flexibility index (Phi) is 4.45. The average molecular weight is 417 g/mol. The maximum atomic E-state index is 12.5. The van der Waals surface area contributed by atoms with E-state index in [0.29, 0.717) is 22.7 Å². The zero-order valence-electron chi connectivity index (χ0n) is 16.1. The van der Waals surface area contributed by atoms with E-state index in [2.05, 4.69) is 20.3 Å². The minimum absolute atomic E-state index is 0.0108. The van der Waals surface area contributed by atoms with Crippen molar-refractivity contribution in [1.29, 1.82) is 0 Å². The van der Waals surface area contributed by atoms with Gasteiger partial charge in [0, 0.05) is 20.2 Å². The normalized spacial score (nSPS) is 28.4. The van der Waals surface area contributed by atoms with Crippen LogP contribution in [0.4, 0.5) is 11.1 Å². The summed E-state index contributed by atoms with van der Waals surface area (Å²) in [4.78, 5) is 27.6. The number of nitrogens with zero attached hydrogens (tertiary/aromatic N) is 4. The molecule has 2 bridgehead atoms. The topological polar surface area (TPSA) is 110 Å². The molecule has 6 rings (SSSR count). The monoisotopic (exact) mass is 417 g/mol. The summed E-state index contributed by atoms with van der Waals surface area (Å²) in [6.45, 7) is 1.48. The van der Waals surface area contributed by atoms with Gasteiger partial charge in [0.15, 0.2) is 10.9 Å². The number of anilines is 2. The summed E-state index contributed by atoms with van der Waals surface area (Å²) in [5.74, 6) is 1.52. The van der Waals surface area contributed by atoms with Crippen LogP contribution in [0.2, 0.25) is 0 Å². The number of methoxy groups -OCH3 is 1. The Morgan fingerprint density at radius 3 is 2.62 bits per heavy atom. The maximum Gasteiger partial charge on any atom is 0.232 e. The van der Waals surface area contributed by atoms with E-state index in [-0.39, 0.29) is 23.0 Å². The molecule has 9 nitrogen and oxygen atoms in total. The van der Waals surface area contributed by atoms with E-state index >= 15 is 0 Å². The van der Waals surface area contributed by atoms with Crippen molar-refractivity contribution in [3.05, 3.63) is 17.8 Å². The van der Waals surface area contributed by atoms with Crippen LogP contribution >= 0.6 is 11.3 Å². The fourth-order valence-electron chi connectivity index (χ4n) is 4.46. The molecule has 3 heterocycles. The second-order valence-corrected chi connectivity index (χ2v) is 9.04. The Bertz CT molecular complexity index is 890. The summed E-state index contributed by atoms with van der Waals surface area (Å²) < 4.78 is 11.2. The second-order valence-electron chi connectivity index (χ2n) is 8.18. The summed E-state index contributed by atoms with van der Waals surface area (Å²) in [7, 11) is 1.71. The molecule has 10 heteroatoms. The van der Waals surface area contributed by atoms with E-state index in [1.807, 2.05) is 4.90 Å². The molecular formula is C19H23N5O4S. The molecule has 3 saturated carbocycles. The number of amides is 1. The fraction of sp³-hybridized carbons (Fsp3) is 0.579. The van der Waals surface area contributed by atoms with Gasteiger partial charge in [0.2, 0.25) is 17.7 Å². The molecular weight excluding hydrogens is 394 g/mol. The number of carbonyl (C=O) groups is 1. The first-order chi connectivity index (χ1) is 14.0. The van der Waals surface area contributed by atoms with Crippen LogP contribution in [0.15, 0.2) is 17.8 Å². The lowest BCUT2D eigenvalue weighted by Crippen LogP contribution is -2.72. The number of ether oxygens (including phenoxy) is 2. The molecule has 2 N–H and O–H groups in total. The number of aliphatic hydroxyl groups excluding tert-OH is 1. The molecule has 154 valence electrons. The SMILES string of the molecule is COC12CC(C(=O)Nc3nc(Oc4cnc(N5CCC(O)CC5)nc4)cs3)(C1)C2. The minimum Gasteiger partial charge on any atom is -0.435 e.